The van der Waals surface area contributed by atoms with E-state index < -0.39 is 0 Å². The number of rotatable bonds is 3. The molecule has 10 heteroatoms. The Morgan fingerprint density at radius 2 is 0.714 bits per heavy atom. The number of thiophene rings is 2. The van der Waals surface area contributed by atoms with Crippen molar-refractivity contribution in [1.29, 1.82) is 0 Å². The Kier molecular flexibility index (Phi) is 5.08. The SMILES string of the molecule is c1csc(-c2nc3cc4cc5sc(-c6nc7cc8cc9sc(-c%10cccs%10)nc9cc8cc7s6)nc5cc4cc3s2)c1. The van der Waals surface area contributed by atoms with E-state index >= 15 is 0 Å². The molecule has 42 heavy (non-hydrogen) atoms. The highest BCUT2D eigenvalue weighted by Gasteiger charge is 2.16. The van der Waals surface area contributed by atoms with Crippen LogP contribution in [0.2, 0.25) is 0 Å². The topological polar surface area (TPSA) is 51.6 Å². The number of fused-ring (bicyclic) bond motifs is 6. The lowest BCUT2D eigenvalue weighted by molar-refractivity contribution is 1.43. The van der Waals surface area contributed by atoms with Gasteiger partial charge in [0, 0.05) is 0 Å². The zero-order valence-electron chi connectivity index (χ0n) is 21.3. The summed E-state index contributed by atoms with van der Waals surface area (Å²) in [6.07, 6.45) is 0. The molecule has 0 amide bonds. The molecule has 0 atom stereocenters. The van der Waals surface area contributed by atoms with Gasteiger partial charge in [0.25, 0.3) is 0 Å². The third kappa shape index (κ3) is 3.73. The molecule has 0 aliphatic heterocycles. The quantitative estimate of drug-likeness (QED) is 0.192. The van der Waals surface area contributed by atoms with Gasteiger partial charge in [0.2, 0.25) is 0 Å². The molecule has 0 N–H and O–H groups in total. The van der Waals surface area contributed by atoms with E-state index in [1.807, 2.05) is 0 Å². The molecule has 0 radical (unpaired) electrons. The molecule has 6 heterocycles. The van der Waals surface area contributed by atoms with Gasteiger partial charge in [-0.15, -0.1) is 68.0 Å². The highest BCUT2D eigenvalue weighted by molar-refractivity contribution is 7.28. The van der Waals surface area contributed by atoms with Crippen LogP contribution in [0.5, 0.6) is 0 Å². The lowest BCUT2D eigenvalue weighted by atomic mass is 10.1. The van der Waals surface area contributed by atoms with E-state index in [-0.39, 0.29) is 0 Å². The van der Waals surface area contributed by atoms with Crippen molar-refractivity contribution >= 4 is 130 Å². The fourth-order valence-electron chi connectivity index (χ4n) is 5.38. The molecule has 0 unspecified atom stereocenters. The van der Waals surface area contributed by atoms with E-state index in [4.69, 9.17) is 19.9 Å². The van der Waals surface area contributed by atoms with E-state index in [9.17, 15) is 0 Å². The van der Waals surface area contributed by atoms with Crippen molar-refractivity contribution in [2.45, 2.75) is 0 Å². The molecule has 6 aromatic heterocycles. The van der Waals surface area contributed by atoms with Gasteiger partial charge in [-0.1, -0.05) is 12.1 Å². The minimum Gasteiger partial charge on any atom is -0.235 e. The number of nitrogens with zero attached hydrogens (tertiary/aromatic N) is 4. The maximum atomic E-state index is 5.04. The van der Waals surface area contributed by atoms with Gasteiger partial charge < -0.3 is 0 Å². The predicted molar refractivity (Wildman–Crippen MR) is 186 cm³/mol. The van der Waals surface area contributed by atoms with Gasteiger partial charge in [-0.3, -0.25) is 0 Å². The Morgan fingerprint density at radius 1 is 0.381 bits per heavy atom. The van der Waals surface area contributed by atoms with E-state index in [2.05, 4.69) is 83.6 Å². The number of hydrogen-bond donors (Lipinski definition) is 0. The van der Waals surface area contributed by atoms with Crippen LogP contribution < -0.4 is 0 Å². The zero-order chi connectivity index (χ0) is 27.4. The molecule has 4 aromatic carbocycles. The Bertz CT molecular complexity index is 2310. The molecule has 10 aromatic rings. The first kappa shape index (κ1) is 23.9. The molecule has 0 fully saturated rings. The second kappa shape index (κ2) is 8.93. The number of benzene rings is 4. The summed E-state index contributed by atoms with van der Waals surface area (Å²) in [5.74, 6) is 0. The van der Waals surface area contributed by atoms with Crippen LogP contribution in [0, 0.1) is 0 Å². The summed E-state index contributed by atoms with van der Waals surface area (Å²) in [5.41, 5.74) is 4.14. The minimum absolute atomic E-state index is 0.966. The van der Waals surface area contributed by atoms with Gasteiger partial charge in [-0.25, -0.2) is 19.9 Å². The standard InChI is InChI=1S/C32H14N4S6/c1-3-23(37-5-1)29-33-19-7-15-13-27-21(9-17(15)11-25(19)39-29)35-31(41-27)32-36-22-10-18-12-26-20(8-16(18)14-28(22)42-32)34-30(40-26)24-4-2-6-38-24/h1-14H. The zero-order valence-corrected chi connectivity index (χ0v) is 26.2. The van der Waals surface area contributed by atoms with Crippen LogP contribution in [0.3, 0.4) is 0 Å². The van der Waals surface area contributed by atoms with Gasteiger partial charge in [0.1, 0.15) is 10.0 Å². The molecular formula is C32H14N4S6. The van der Waals surface area contributed by atoms with Crippen molar-refractivity contribution in [3.63, 3.8) is 0 Å². The van der Waals surface area contributed by atoms with Gasteiger partial charge in [-0.05, 0) is 93.0 Å². The fourth-order valence-corrected chi connectivity index (χ4v) is 11.0. The second-order valence-electron chi connectivity index (χ2n) is 10.0. The average Bonchev–Trinajstić information content (AvgIpc) is 3.83. The largest absolute Gasteiger partial charge is 0.235 e. The molecule has 0 bridgehead atoms. The van der Waals surface area contributed by atoms with Crippen LogP contribution in [0.25, 0.3) is 92.2 Å². The molecule has 0 saturated heterocycles. The van der Waals surface area contributed by atoms with E-state index in [1.165, 1.54) is 50.1 Å². The normalized spacial score (nSPS) is 12.3. The van der Waals surface area contributed by atoms with Crippen molar-refractivity contribution < 1.29 is 0 Å². The van der Waals surface area contributed by atoms with Crippen LogP contribution >= 0.6 is 68.0 Å². The molecule has 0 spiro atoms. The summed E-state index contributed by atoms with van der Waals surface area (Å²) < 4.78 is 4.75. The van der Waals surface area contributed by atoms with Crippen molar-refractivity contribution in [2.24, 2.45) is 0 Å². The number of aromatic nitrogens is 4. The summed E-state index contributed by atoms with van der Waals surface area (Å²) in [4.78, 5) is 22.4. The van der Waals surface area contributed by atoms with Crippen molar-refractivity contribution in [2.75, 3.05) is 0 Å². The Labute approximate surface area is 261 Å². The van der Waals surface area contributed by atoms with Gasteiger partial charge in [-0.2, -0.15) is 0 Å². The number of hydrogen-bond acceptors (Lipinski definition) is 10. The smallest absolute Gasteiger partial charge is 0.153 e. The number of thiazole rings is 4. The van der Waals surface area contributed by atoms with Crippen LogP contribution in [0.15, 0.2) is 83.6 Å². The minimum atomic E-state index is 0.966. The van der Waals surface area contributed by atoms with Gasteiger partial charge >= 0.3 is 0 Å². The Hall–Kier alpha value is -3.64. The highest BCUT2D eigenvalue weighted by Crippen LogP contribution is 2.41. The molecule has 198 valence electrons. The van der Waals surface area contributed by atoms with E-state index in [0.29, 0.717) is 0 Å². The molecular weight excluding hydrogens is 633 g/mol. The maximum absolute atomic E-state index is 5.04. The summed E-state index contributed by atoms with van der Waals surface area (Å²) >= 11 is 10.4. The predicted octanol–water partition coefficient (Wildman–Crippen LogP) is 11.6. The summed E-state index contributed by atoms with van der Waals surface area (Å²) in [6, 6.07) is 26.3. The van der Waals surface area contributed by atoms with Crippen LogP contribution in [-0.4, -0.2) is 19.9 Å². The van der Waals surface area contributed by atoms with Crippen LogP contribution in [0.4, 0.5) is 0 Å². The third-order valence-electron chi connectivity index (χ3n) is 7.35. The molecule has 0 aliphatic carbocycles. The van der Waals surface area contributed by atoms with Crippen molar-refractivity contribution in [3.05, 3.63) is 83.6 Å². The maximum Gasteiger partial charge on any atom is 0.153 e. The van der Waals surface area contributed by atoms with E-state index in [1.54, 1.807) is 68.0 Å². The summed E-state index contributed by atoms with van der Waals surface area (Å²) in [6.45, 7) is 0. The first-order valence-corrected chi connectivity index (χ1v) is 18.1. The Morgan fingerprint density at radius 3 is 1.05 bits per heavy atom. The average molecular weight is 647 g/mol. The first-order chi connectivity index (χ1) is 20.7. The molecule has 4 nitrogen and oxygen atoms in total. The summed E-state index contributed by atoms with van der Waals surface area (Å²) in [7, 11) is 0. The third-order valence-corrected chi connectivity index (χ3v) is 13.6. The summed E-state index contributed by atoms with van der Waals surface area (Å²) in [5, 5.41) is 13.1. The molecule has 0 aliphatic rings. The lowest BCUT2D eigenvalue weighted by Gasteiger charge is -1.97. The van der Waals surface area contributed by atoms with Crippen molar-refractivity contribution in [3.8, 4) is 29.8 Å². The first-order valence-electron chi connectivity index (χ1n) is 13.1. The van der Waals surface area contributed by atoms with Crippen LogP contribution in [0.1, 0.15) is 0 Å². The fraction of sp³-hybridized carbons (Fsp3) is 0. The molecule has 10 rings (SSSR count). The van der Waals surface area contributed by atoms with Crippen LogP contribution in [-0.2, 0) is 0 Å². The van der Waals surface area contributed by atoms with Crippen molar-refractivity contribution in [1.82, 2.24) is 19.9 Å². The molecule has 0 saturated carbocycles. The van der Waals surface area contributed by atoms with E-state index in [0.717, 1.165) is 42.1 Å². The Balaban J connectivity index is 1.05. The lowest BCUT2D eigenvalue weighted by Crippen LogP contribution is -1.77. The monoisotopic (exact) mass is 646 g/mol. The highest BCUT2D eigenvalue weighted by atomic mass is 32.1. The second-order valence-corrected chi connectivity index (χ2v) is 16.0. The van der Waals surface area contributed by atoms with Gasteiger partial charge in [0.15, 0.2) is 10.0 Å². The van der Waals surface area contributed by atoms with Gasteiger partial charge in [0.05, 0.1) is 50.6 Å².